The molecule has 0 saturated carbocycles. The molecular weight excluding hydrogens is 354 g/mol. The van der Waals surface area contributed by atoms with Crippen LogP contribution in [-0.2, 0) is 9.84 Å². The fourth-order valence-corrected chi connectivity index (χ4v) is 2.57. The molecule has 7 nitrogen and oxygen atoms in total. The molecule has 2 aromatic heterocycles. The van der Waals surface area contributed by atoms with Crippen molar-refractivity contribution < 1.29 is 22.0 Å². The molecule has 0 spiro atoms. The van der Waals surface area contributed by atoms with Gasteiger partial charge in [0, 0.05) is 19.0 Å². The first-order chi connectivity index (χ1) is 11.6. The summed E-state index contributed by atoms with van der Waals surface area (Å²) in [6, 6.07) is 2.60. The molecule has 0 bridgehead atoms. The Morgan fingerprint density at radius 2 is 2.12 bits per heavy atom. The van der Waals surface area contributed by atoms with Crippen molar-refractivity contribution in [1.82, 2.24) is 14.8 Å². The lowest BCUT2D eigenvalue weighted by Crippen LogP contribution is -2.11. The van der Waals surface area contributed by atoms with Gasteiger partial charge < -0.3 is 5.32 Å². The molecule has 2 rings (SSSR count). The molecule has 2 heterocycles. The average molecular weight is 370 g/mol. The van der Waals surface area contributed by atoms with Crippen molar-refractivity contribution in [1.29, 1.82) is 0 Å². The fraction of sp³-hybridized carbons (Fsp3) is 0.267. The van der Waals surface area contributed by atoms with E-state index in [1.165, 1.54) is 12.1 Å². The zero-order valence-corrected chi connectivity index (χ0v) is 14.3. The van der Waals surface area contributed by atoms with Crippen LogP contribution in [0, 0.1) is 0 Å². The van der Waals surface area contributed by atoms with E-state index in [9.17, 15) is 22.0 Å². The smallest absolute Gasteiger partial charge is 0.282 e. The van der Waals surface area contributed by atoms with Gasteiger partial charge in [-0.25, -0.2) is 22.2 Å². The van der Waals surface area contributed by atoms with Gasteiger partial charge in [-0.1, -0.05) is 12.2 Å². The number of pyridine rings is 1. The molecule has 0 atom stereocenters. The van der Waals surface area contributed by atoms with E-state index >= 15 is 0 Å². The van der Waals surface area contributed by atoms with Gasteiger partial charge in [-0.05, 0) is 19.1 Å². The molecule has 0 radical (unpaired) electrons. The highest BCUT2D eigenvalue weighted by Gasteiger charge is 2.25. The molecule has 0 aliphatic rings. The maximum absolute atomic E-state index is 13.2. The highest BCUT2D eigenvalue weighted by atomic mass is 32.2. The maximum Gasteiger partial charge on any atom is 0.282 e. The van der Waals surface area contributed by atoms with Crippen LogP contribution in [0.3, 0.4) is 0 Å². The van der Waals surface area contributed by atoms with E-state index in [2.05, 4.69) is 22.0 Å². The van der Waals surface area contributed by atoms with Crippen LogP contribution in [0.15, 0.2) is 35.4 Å². The van der Waals surface area contributed by atoms with E-state index in [0.29, 0.717) is 5.57 Å². The Kier molecular flexibility index (Phi) is 5.31. The first-order valence-electron chi connectivity index (χ1n) is 7.06. The highest BCUT2D eigenvalue weighted by Crippen LogP contribution is 2.29. The molecule has 2 aromatic rings. The minimum absolute atomic E-state index is 0.0236. The number of aromatic nitrogens is 3. The Morgan fingerprint density at radius 3 is 2.56 bits per heavy atom. The highest BCUT2D eigenvalue weighted by molar-refractivity contribution is 7.90. The van der Waals surface area contributed by atoms with Gasteiger partial charge in [-0.3, -0.25) is 4.79 Å². The molecular formula is C15H16F2N4O3S. The number of anilines is 1. The summed E-state index contributed by atoms with van der Waals surface area (Å²) in [5.74, 6) is 0.125. The molecule has 0 fully saturated rings. The quantitative estimate of drug-likeness (QED) is 0.594. The van der Waals surface area contributed by atoms with Gasteiger partial charge in [0.2, 0.25) is 0 Å². The Hall–Kier alpha value is -2.62. The average Bonchev–Trinajstić information content (AvgIpc) is 2.90. The van der Waals surface area contributed by atoms with Crippen molar-refractivity contribution in [2.24, 2.45) is 0 Å². The summed E-state index contributed by atoms with van der Waals surface area (Å²) in [6.07, 6.45) is -0.549. The molecule has 0 unspecified atom stereocenters. The predicted molar refractivity (Wildman–Crippen MR) is 88.1 cm³/mol. The molecule has 1 N–H and O–H groups in total. The van der Waals surface area contributed by atoms with Gasteiger partial charge >= 0.3 is 0 Å². The second-order valence-electron chi connectivity index (χ2n) is 5.41. The largest absolute Gasteiger partial charge is 0.366 e. The van der Waals surface area contributed by atoms with Crippen LogP contribution < -0.4 is 5.32 Å². The van der Waals surface area contributed by atoms with Crippen molar-refractivity contribution in [2.75, 3.05) is 18.1 Å². The van der Waals surface area contributed by atoms with Crippen LogP contribution in [0.4, 0.5) is 14.6 Å². The summed E-state index contributed by atoms with van der Waals surface area (Å²) in [6.45, 7) is 5.65. The summed E-state index contributed by atoms with van der Waals surface area (Å²) in [7, 11) is -3.45. The first-order valence-corrected chi connectivity index (χ1v) is 8.95. The second kappa shape index (κ2) is 7.09. The zero-order valence-electron chi connectivity index (χ0n) is 13.5. The summed E-state index contributed by atoms with van der Waals surface area (Å²) < 4.78 is 50.3. The lowest BCUT2D eigenvalue weighted by Gasteiger charge is -2.10. The van der Waals surface area contributed by atoms with Crippen LogP contribution in [-0.4, -0.2) is 42.3 Å². The topological polar surface area (TPSA) is 94.0 Å². The van der Waals surface area contributed by atoms with E-state index in [1.54, 1.807) is 6.92 Å². The van der Waals surface area contributed by atoms with E-state index in [4.69, 9.17) is 0 Å². The maximum atomic E-state index is 13.2. The molecule has 0 aromatic carbocycles. The van der Waals surface area contributed by atoms with Gasteiger partial charge in [0.25, 0.3) is 6.43 Å². The molecule has 0 saturated heterocycles. The van der Waals surface area contributed by atoms with Gasteiger partial charge in [0.05, 0.1) is 10.5 Å². The Labute approximate surface area is 143 Å². The summed E-state index contributed by atoms with van der Waals surface area (Å²) >= 11 is 0. The van der Waals surface area contributed by atoms with Crippen LogP contribution in [0.1, 0.15) is 29.4 Å². The van der Waals surface area contributed by atoms with Gasteiger partial charge in [0.1, 0.15) is 11.5 Å². The third-order valence-electron chi connectivity index (χ3n) is 3.20. The minimum Gasteiger partial charge on any atom is -0.366 e. The number of carbonyl (C=O) groups is 1. The van der Waals surface area contributed by atoms with Crippen molar-refractivity contribution in [2.45, 2.75) is 18.2 Å². The van der Waals surface area contributed by atoms with Crippen LogP contribution >= 0.6 is 0 Å². The van der Waals surface area contributed by atoms with E-state index < -0.39 is 22.0 Å². The predicted octanol–water partition coefficient (Wildman–Crippen LogP) is 2.41. The van der Waals surface area contributed by atoms with Gasteiger partial charge in [-0.15, -0.1) is 0 Å². The lowest BCUT2D eigenvalue weighted by molar-refractivity contribution is 0.110. The fourth-order valence-electron chi connectivity index (χ4n) is 2.01. The number of hydrogen-bond acceptors (Lipinski definition) is 6. The van der Waals surface area contributed by atoms with Crippen molar-refractivity contribution >= 4 is 21.9 Å². The molecule has 134 valence electrons. The monoisotopic (exact) mass is 370 g/mol. The SMILES string of the molecule is C=C(C)CNc1c(C=O)c(C(F)F)nn1-c1ccc(S(C)(=O)=O)cn1. The van der Waals surface area contributed by atoms with E-state index in [-0.39, 0.29) is 34.9 Å². The van der Waals surface area contributed by atoms with Crippen LogP contribution in [0.25, 0.3) is 5.82 Å². The van der Waals surface area contributed by atoms with E-state index in [1.807, 2.05) is 0 Å². The van der Waals surface area contributed by atoms with Crippen LogP contribution in [0.2, 0.25) is 0 Å². The number of nitrogens with zero attached hydrogens (tertiary/aromatic N) is 3. The number of carbonyl (C=O) groups excluding carboxylic acids is 1. The normalized spacial score (nSPS) is 11.6. The Balaban J connectivity index is 2.58. The van der Waals surface area contributed by atoms with Gasteiger partial charge in [-0.2, -0.15) is 9.78 Å². The number of hydrogen-bond donors (Lipinski definition) is 1. The number of nitrogens with one attached hydrogen (secondary N) is 1. The number of aldehydes is 1. The molecule has 0 amide bonds. The number of sulfone groups is 1. The first kappa shape index (κ1) is 18.7. The minimum atomic E-state index is -3.45. The second-order valence-corrected chi connectivity index (χ2v) is 7.43. The molecule has 0 aliphatic carbocycles. The van der Waals surface area contributed by atoms with Crippen LogP contribution in [0.5, 0.6) is 0 Å². The van der Waals surface area contributed by atoms with Crippen molar-refractivity contribution in [3.05, 3.63) is 41.7 Å². The van der Waals surface area contributed by atoms with Crippen molar-refractivity contribution in [3.8, 4) is 5.82 Å². The standard InChI is InChI=1S/C15H16F2N4O3S/c1-9(2)6-19-15-11(8-22)13(14(16)17)20-21(15)12-5-4-10(7-18-12)25(3,23)24/h4-5,7-8,14,19H,1,6H2,2-3H3. The van der Waals surface area contributed by atoms with E-state index in [0.717, 1.165) is 17.1 Å². The Morgan fingerprint density at radius 1 is 1.44 bits per heavy atom. The molecule has 0 aliphatic heterocycles. The molecule has 10 heteroatoms. The summed E-state index contributed by atoms with van der Waals surface area (Å²) in [5.41, 5.74) is -0.262. The summed E-state index contributed by atoms with van der Waals surface area (Å²) in [4.78, 5) is 15.2. The zero-order chi connectivity index (χ0) is 18.8. The number of halogens is 2. The third kappa shape index (κ3) is 4.08. The number of alkyl halides is 2. The lowest BCUT2D eigenvalue weighted by atomic mass is 10.2. The summed E-state index contributed by atoms with van der Waals surface area (Å²) in [5, 5.41) is 6.58. The number of rotatable bonds is 7. The Bertz CT molecular complexity index is 906. The third-order valence-corrected chi connectivity index (χ3v) is 4.30. The van der Waals surface area contributed by atoms with Crippen molar-refractivity contribution in [3.63, 3.8) is 0 Å². The molecule has 25 heavy (non-hydrogen) atoms. The van der Waals surface area contributed by atoms with Gasteiger partial charge in [0.15, 0.2) is 21.9 Å².